The van der Waals surface area contributed by atoms with Crippen LogP contribution in [0.5, 0.6) is 0 Å². The Balaban J connectivity index is 1.85. The van der Waals surface area contributed by atoms with Crippen molar-refractivity contribution >= 4 is 5.91 Å². The Kier molecular flexibility index (Phi) is 3.23. The number of morpholine rings is 1. The molecule has 0 aromatic rings. The average Bonchev–Trinajstić information content (AvgIpc) is 2.68. The number of carbonyl (C=O) groups excluding carboxylic acids is 1. The molecule has 2 rings (SSSR count). The standard InChI is InChI=1S/C10H19N3O2/c1-10(3-2-4-11-10)9(14)12-13-5-7-15-8-6-13/h11H,2-8H2,1H3,(H,12,14). The first-order valence-corrected chi connectivity index (χ1v) is 5.59. The summed E-state index contributed by atoms with van der Waals surface area (Å²) in [6.07, 6.45) is 2.00. The van der Waals surface area contributed by atoms with Gasteiger partial charge in [0.2, 0.25) is 0 Å². The van der Waals surface area contributed by atoms with Crippen LogP contribution < -0.4 is 10.7 Å². The van der Waals surface area contributed by atoms with Gasteiger partial charge in [-0.25, -0.2) is 5.01 Å². The zero-order valence-corrected chi connectivity index (χ0v) is 9.21. The van der Waals surface area contributed by atoms with Gasteiger partial charge in [-0.05, 0) is 26.3 Å². The molecule has 5 nitrogen and oxygen atoms in total. The van der Waals surface area contributed by atoms with E-state index in [4.69, 9.17) is 4.74 Å². The Morgan fingerprint density at radius 3 is 2.80 bits per heavy atom. The number of carbonyl (C=O) groups is 1. The van der Waals surface area contributed by atoms with Gasteiger partial charge in [-0.2, -0.15) is 0 Å². The van der Waals surface area contributed by atoms with Crippen molar-refractivity contribution in [3.05, 3.63) is 0 Å². The molecule has 2 saturated heterocycles. The van der Waals surface area contributed by atoms with Gasteiger partial charge in [-0.3, -0.25) is 10.2 Å². The van der Waals surface area contributed by atoms with Crippen LogP contribution in [-0.4, -0.2) is 49.3 Å². The molecule has 1 unspecified atom stereocenters. The van der Waals surface area contributed by atoms with Gasteiger partial charge in [0, 0.05) is 13.1 Å². The van der Waals surface area contributed by atoms with Crippen LogP contribution >= 0.6 is 0 Å². The Labute approximate surface area is 90.1 Å². The summed E-state index contributed by atoms with van der Waals surface area (Å²) in [5, 5.41) is 5.19. The predicted octanol–water partition coefficient (Wildman–Crippen LogP) is -0.508. The van der Waals surface area contributed by atoms with Crippen molar-refractivity contribution in [1.82, 2.24) is 15.8 Å². The van der Waals surface area contributed by atoms with E-state index in [2.05, 4.69) is 10.7 Å². The van der Waals surface area contributed by atoms with E-state index < -0.39 is 0 Å². The van der Waals surface area contributed by atoms with Gasteiger partial charge in [0.05, 0.1) is 18.8 Å². The normalized spacial score (nSPS) is 32.9. The molecule has 0 spiro atoms. The summed E-state index contributed by atoms with van der Waals surface area (Å²) < 4.78 is 5.22. The zero-order valence-electron chi connectivity index (χ0n) is 9.21. The average molecular weight is 213 g/mol. The minimum Gasteiger partial charge on any atom is -0.379 e. The first-order valence-electron chi connectivity index (χ1n) is 5.59. The van der Waals surface area contributed by atoms with Crippen molar-refractivity contribution in [1.29, 1.82) is 0 Å². The molecule has 0 aliphatic carbocycles. The molecular weight excluding hydrogens is 194 g/mol. The SMILES string of the molecule is CC1(C(=O)NN2CCOCC2)CCCN1. The third-order valence-corrected chi connectivity index (χ3v) is 3.14. The van der Waals surface area contributed by atoms with Gasteiger partial charge in [-0.1, -0.05) is 0 Å². The fourth-order valence-corrected chi connectivity index (χ4v) is 2.03. The maximum absolute atomic E-state index is 12.0. The number of ether oxygens (including phenoxy) is 1. The van der Waals surface area contributed by atoms with Crippen molar-refractivity contribution in [2.45, 2.75) is 25.3 Å². The number of hydrogen-bond acceptors (Lipinski definition) is 4. The molecule has 2 fully saturated rings. The largest absolute Gasteiger partial charge is 0.379 e. The van der Waals surface area contributed by atoms with Crippen LogP contribution in [0, 0.1) is 0 Å². The van der Waals surface area contributed by atoms with Crippen LogP contribution in [0.2, 0.25) is 0 Å². The quantitative estimate of drug-likeness (QED) is 0.649. The van der Waals surface area contributed by atoms with Crippen molar-refractivity contribution in [2.24, 2.45) is 0 Å². The second kappa shape index (κ2) is 4.47. The molecule has 0 bridgehead atoms. The highest BCUT2D eigenvalue weighted by molar-refractivity contribution is 5.85. The Hall–Kier alpha value is -0.650. The molecule has 86 valence electrons. The van der Waals surface area contributed by atoms with E-state index in [-0.39, 0.29) is 11.4 Å². The van der Waals surface area contributed by atoms with Gasteiger partial charge in [0.25, 0.3) is 5.91 Å². The highest BCUT2D eigenvalue weighted by atomic mass is 16.5. The third-order valence-electron chi connectivity index (χ3n) is 3.14. The lowest BCUT2D eigenvalue weighted by atomic mass is 10.00. The molecule has 2 aliphatic heterocycles. The first kappa shape index (κ1) is 10.9. The zero-order chi connectivity index (χ0) is 10.7. The molecule has 2 heterocycles. The summed E-state index contributed by atoms with van der Waals surface area (Å²) in [6.45, 7) is 5.86. The van der Waals surface area contributed by atoms with Crippen LogP contribution in [0.15, 0.2) is 0 Å². The lowest BCUT2D eigenvalue weighted by Crippen LogP contribution is -2.58. The van der Waals surface area contributed by atoms with Crippen LogP contribution in [0.4, 0.5) is 0 Å². The molecular formula is C10H19N3O2. The maximum Gasteiger partial charge on any atom is 0.254 e. The highest BCUT2D eigenvalue weighted by Crippen LogP contribution is 2.18. The van der Waals surface area contributed by atoms with Crippen molar-refractivity contribution in [2.75, 3.05) is 32.8 Å². The van der Waals surface area contributed by atoms with Crippen molar-refractivity contribution in [3.8, 4) is 0 Å². The van der Waals surface area contributed by atoms with E-state index >= 15 is 0 Å². The van der Waals surface area contributed by atoms with E-state index in [0.29, 0.717) is 13.2 Å². The number of hydrogen-bond donors (Lipinski definition) is 2. The van der Waals surface area contributed by atoms with Crippen molar-refractivity contribution < 1.29 is 9.53 Å². The van der Waals surface area contributed by atoms with Gasteiger partial charge in [0.1, 0.15) is 0 Å². The number of nitrogens with zero attached hydrogens (tertiary/aromatic N) is 1. The number of nitrogens with one attached hydrogen (secondary N) is 2. The van der Waals surface area contributed by atoms with Crippen LogP contribution in [0.1, 0.15) is 19.8 Å². The second-order valence-corrected chi connectivity index (χ2v) is 4.40. The van der Waals surface area contributed by atoms with Crippen LogP contribution in [0.25, 0.3) is 0 Å². The lowest BCUT2D eigenvalue weighted by molar-refractivity contribution is -0.133. The summed E-state index contributed by atoms with van der Waals surface area (Å²) >= 11 is 0. The van der Waals surface area contributed by atoms with Crippen LogP contribution in [0.3, 0.4) is 0 Å². The van der Waals surface area contributed by atoms with E-state index in [1.807, 2.05) is 11.9 Å². The van der Waals surface area contributed by atoms with Gasteiger partial charge >= 0.3 is 0 Å². The summed E-state index contributed by atoms with van der Waals surface area (Å²) in [4.78, 5) is 12.0. The molecule has 5 heteroatoms. The molecule has 0 aromatic carbocycles. The maximum atomic E-state index is 12.0. The topological polar surface area (TPSA) is 53.6 Å². The highest BCUT2D eigenvalue weighted by Gasteiger charge is 2.36. The summed E-state index contributed by atoms with van der Waals surface area (Å²) in [7, 11) is 0. The van der Waals surface area contributed by atoms with Gasteiger partial charge in [-0.15, -0.1) is 0 Å². The molecule has 0 radical (unpaired) electrons. The minimum absolute atomic E-state index is 0.0851. The summed E-state index contributed by atoms with van der Waals surface area (Å²) in [5.41, 5.74) is 2.58. The summed E-state index contributed by atoms with van der Waals surface area (Å²) in [6, 6.07) is 0. The molecule has 15 heavy (non-hydrogen) atoms. The van der Waals surface area contributed by atoms with Crippen LogP contribution in [-0.2, 0) is 9.53 Å². The van der Waals surface area contributed by atoms with Gasteiger partial charge in [0.15, 0.2) is 0 Å². The number of hydrazine groups is 1. The predicted molar refractivity (Wildman–Crippen MR) is 56.2 cm³/mol. The van der Waals surface area contributed by atoms with E-state index in [1.165, 1.54) is 0 Å². The molecule has 0 aromatic heterocycles. The fourth-order valence-electron chi connectivity index (χ4n) is 2.03. The molecule has 1 atom stereocenters. The van der Waals surface area contributed by atoms with E-state index in [1.54, 1.807) is 0 Å². The Morgan fingerprint density at radius 2 is 2.20 bits per heavy atom. The third kappa shape index (κ3) is 2.48. The van der Waals surface area contributed by atoms with E-state index in [0.717, 1.165) is 32.5 Å². The van der Waals surface area contributed by atoms with Crippen molar-refractivity contribution in [3.63, 3.8) is 0 Å². The van der Waals surface area contributed by atoms with E-state index in [9.17, 15) is 4.79 Å². The lowest BCUT2D eigenvalue weighted by Gasteiger charge is -2.31. The fraction of sp³-hybridized carbons (Fsp3) is 0.900. The number of amides is 1. The first-order chi connectivity index (χ1) is 7.21. The smallest absolute Gasteiger partial charge is 0.254 e. The van der Waals surface area contributed by atoms with Gasteiger partial charge < -0.3 is 10.1 Å². The minimum atomic E-state index is -0.377. The molecule has 1 amide bonds. The Morgan fingerprint density at radius 1 is 1.47 bits per heavy atom. The molecule has 0 saturated carbocycles. The molecule has 2 N–H and O–H groups in total. The molecule has 2 aliphatic rings. The monoisotopic (exact) mass is 213 g/mol. The second-order valence-electron chi connectivity index (χ2n) is 4.40. The summed E-state index contributed by atoms with van der Waals surface area (Å²) in [5.74, 6) is 0.0851. The Bertz CT molecular complexity index is 233. The number of rotatable bonds is 2.